The molecule has 0 aromatic carbocycles. The normalized spacial score (nSPS) is 7.50. The number of hydrogen-bond donors (Lipinski definition) is 2. The summed E-state index contributed by atoms with van der Waals surface area (Å²) in [5.74, 6) is -3.14. The van der Waals surface area contributed by atoms with Gasteiger partial charge in [-0.15, -0.1) is 0 Å². The van der Waals surface area contributed by atoms with Crippen molar-refractivity contribution in [3.05, 3.63) is 0 Å². The highest BCUT2D eigenvalue weighted by Gasteiger charge is 2.00. The molecule has 0 radical (unpaired) electrons. The zero-order chi connectivity index (χ0) is 10.1. The molecule has 0 heterocycles. The quantitative estimate of drug-likeness (QED) is 0.399. The first-order valence-corrected chi connectivity index (χ1v) is 3.07. The van der Waals surface area contributed by atoms with Crippen molar-refractivity contribution in [3.8, 4) is 0 Å². The average molecular weight is 177 g/mol. The van der Waals surface area contributed by atoms with Gasteiger partial charge in [0, 0.05) is 6.92 Å². The van der Waals surface area contributed by atoms with Crippen LogP contribution in [-0.2, 0) is 19.1 Å². The standard InChI is InChI=1S/C4H8O2.C2H3NO3/c1-3-6-4(2)5;3-1(4)2(5)6/h3H2,1-2H3;(H2,3,4)(H,5,6). The van der Waals surface area contributed by atoms with Crippen LogP contribution in [0, 0.1) is 0 Å². The number of carbonyl (C=O) groups is 3. The van der Waals surface area contributed by atoms with Gasteiger partial charge >= 0.3 is 17.8 Å². The van der Waals surface area contributed by atoms with Crippen LogP contribution < -0.4 is 5.73 Å². The SMILES string of the molecule is CCOC(C)=O.NC(=O)C(=O)O. The second-order valence-corrected chi connectivity index (χ2v) is 1.59. The number of aliphatic carboxylic acids is 1. The van der Waals surface area contributed by atoms with E-state index in [0.29, 0.717) is 6.61 Å². The van der Waals surface area contributed by atoms with Crippen LogP contribution in [0.25, 0.3) is 0 Å². The van der Waals surface area contributed by atoms with Crippen LogP contribution in [0.5, 0.6) is 0 Å². The van der Waals surface area contributed by atoms with Gasteiger partial charge in [0.1, 0.15) is 0 Å². The van der Waals surface area contributed by atoms with Crippen molar-refractivity contribution in [2.24, 2.45) is 5.73 Å². The third-order valence-electron chi connectivity index (χ3n) is 0.558. The molecule has 0 aliphatic carbocycles. The lowest BCUT2D eigenvalue weighted by Gasteiger charge is -1.89. The van der Waals surface area contributed by atoms with Crippen LogP contribution in [0.15, 0.2) is 0 Å². The van der Waals surface area contributed by atoms with Crippen molar-refractivity contribution in [2.45, 2.75) is 13.8 Å². The van der Waals surface area contributed by atoms with E-state index in [0.717, 1.165) is 0 Å². The maximum Gasteiger partial charge on any atom is 0.394 e. The molecule has 6 nitrogen and oxygen atoms in total. The Morgan fingerprint density at radius 1 is 1.42 bits per heavy atom. The summed E-state index contributed by atoms with van der Waals surface area (Å²) in [7, 11) is 0. The Bertz CT molecular complexity index is 165. The van der Waals surface area contributed by atoms with E-state index >= 15 is 0 Å². The van der Waals surface area contributed by atoms with Gasteiger partial charge in [0.05, 0.1) is 6.61 Å². The van der Waals surface area contributed by atoms with E-state index in [9.17, 15) is 14.4 Å². The fourth-order valence-electron chi connectivity index (χ4n) is 0.203. The molecular weight excluding hydrogens is 166 g/mol. The number of rotatable bonds is 1. The molecule has 70 valence electrons. The van der Waals surface area contributed by atoms with E-state index in [1.54, 1.807) is 6.92 Å². The van der Waals surface area contributed by atoms with Crippen LogP contribution >= 0.6 is 0 Å². The minimum absolute atomic E-state index is 0.211. The first-order valence-electron chi connectivity index (χ1n) is 3.07. The molecule has 0 unspecified atom stereocenters. The largest absolute Gasteiger partial charge is 0.474 e. The highest BCUT2D eigenvalue weighted by Crippen LogP contribution is 1.69. The highest BCUT2D eigenvalue weighted by atomic mass is 16.5. The molecule has 0 aromatic rings. The molecule has 0 spiro atoms. The van der Waals surface area contributed by atoms with Gasteiger partial charge in [0.25, 0.3) is 0 Å². The number of carboxylic acids is 1. The van der Waals surface area contributed by atoms with Crippen LogP contribution in [-0.4, -0.2) is 29.6 Å². The second kappa shape index (κ2) is 7.52. The minimum atomic E-state index is -1.60. The fraction of sp³-hybridized carbons (Fsp3) is 0.500. The number of carboxylic acid groups (broad SMARTS) is 1. The lowest BCUT2D eigenvalue weighted by molar-refractivity contribution is -0.148. The molecule has 6 heteroatoms. The second-order valence-electron chi connectivity index (χ2n) is 1.59. The van der Waals surface area contributed by atoms with E-state index in [4.69, 9.17) is 5.11 Å². The molecule has 1 amide bonds. The van der Waals surface area contributed by atoms with Crippen molar-refractivity contribution < 1.29 is 24.2 Å². The first kappa shape index (κ1) is 13.0. The highest BCUT2D eigenvalue weighted by molar-refractivity contribution is 6.30. The number of nitrogens with two attached hydrogens (primary N) is 1. The summed E-state index contributed by atoms with van der Waals surface area (Å²) in [4.78, 5) is 28.4. The number of hydrogen-bond acceptors (Lipinski definition) is 4. The van der Waals surface area contributed by atoms with Gasteiger partial charge in [0.15, 0.2) is 0 Å². The van der Waals surface area contributed by atoms with Gasteiger partial charge in [-0.3, -0.25) is 9.59 Å². The molecule has 0 aliphatic rings. The van der Waals surface area contributed by atoms with Gasteiger partial charge in [-0.25, -0.2) is 4.79 Å². The summed E-state index contributed by atoms with van der Waals surface area (Å²) < 4.78 is 4.40. The number of esters is 1. The van der Waals surface area contributed by atoms with E-state index in [1.165, 1.54) is 6.92 Å². The Morgan fingerprint density at radius 3 is 1.75 bits per heavy atom. The van der Waals surface area contributed by atoms with Crippen molar-refractivity contribution in [1.82, 2.24) is 0 Å². The first-order chi connectivity index (χ1) is 5.41. The molecule has 0 saturated carbocycles. The van der Waals surface area contributed by atoms with Crippen molar-refractivity contribution in [2.75, 3.05) is 6.61 Å². The Labute approximate surface area is 69.3 Å². The van der Waals surface area contributed by atoms with Gasteiger partial charge in [-0.1, -0.05) is 0 Å². The average Bonchev–Trinajstić information content (AvgIpc) is 1.87. The van der Waals surface area contributed by atoms with Crippen LogP contribution in [0.1, 0.15) is 13.8 Å². The minimum Gasteiger partial charge on any atom is -0.474 e. The zero-order valence-electron chi connectivity index (χ0n) is 6.86. The van der Waals surface area contributed by atoms with Gasteiger partial charge in [0.2, 0.25) is 0 Å². The Morgan fingerprint density at radius 2 is 1.75 bits per heavy atom. The summed E-state index contributed by atoms with van der Waals surface area (Å²) in [5.41, 5.74) is 4.20. The molecule has 3 N–H and O–H groups in total. The molecular formula is C6H11NO5. The van der Waals surface area contributed by atoms with E-state index in [-0.39, 0.29) is 5.97 Å². The topological polar surface area (TPSA) is 107 Å². The molecule has 0 aliphatic heterocycles. The molecule has 0 rings (SSSR count). The summed E-state index contributed by atoms with van der Waals surface area (Å²) in [6.07, 6.45) is 0. The predicted octanol–water partition coefficient (Wildman–Crippen LogP) is -0.874. The Hall–Kier alpha value is -1.59. The maximum absolute atomic E-state index is 9.82. The summed E-state index contributed by atoms with van der Waals surface area (Å²) in [5, 5.41) is 7.52. The maximum atomic E-state index is 9.82. The van der Waals surface area contributed by atoms with Gasteiger partial charge in [-0.05, 0) is 6.92 Å². The lowest BCUT2D eigenvalue weighted by atomic mass is 10.7. The van der Waals surface area contributed by atoms with Crippen molar-refractivity contribution in [3.63, 3.8) is 0 Å². The van der Waals surface area contributed by atoms with Crippen LogP contribution in [0.4, 0.5) is 0 Å². The van der Waals surface area contributed by atoms with Gasteiger partial charge in [-0.2, -0.15) is 0 Å². The summed E-state index contributed by atoms with van der Waals surface area (Å²) >= 11 is 0. The van der Waals surface area contributed by atoms with Crippen molar-refractivity contribution >= 4 is 17.8 Å². The Balaban J connectivity index is 0. The number of amides is 1. The summed E-state index contributed by atoms with van der Waals surface area (Å²) in [6.45, 7) is 3.65. The van der Waals surface area contributed by atoms with Crippen LogP contribution in [0.3, 0.4) is 0 Å². The van der Waals surface area contributed by atoms with Gasteiger partial charge < -0.3 is 15.6 Å². The third-order valence-corrected chi connectivity index (χ3v) is 0.558. The molecule has 12 heavy (non-hydrogen) atoms. The number of primary amides is 1. The molecule has 0 saturated heterocycles. The lowest BCUT2D eigenvalue weighted by Crippen LogP contribution is -2.21. The molecule has 0 bridgehead atoms. The predicted molar refractivity (Wildman–Crippen MR) is 39.1 cm³/mol. The Kier molecular flexibility index (Phi) is 8.16. The van der Waals surface area contributed by atoms with E-state index < -0.39 is 11.9 Å². The monoisotopic (exact) mass is 177 g/mol. The fourth-order valence-corrected chi connectivity index (χ4v) is 0.203. The third kappa shape index (κ3) is 15.8. The smallest absolute Gasteiger partial charge is 0.394 e. The number of carbonyl (C=O) groups excluding carboxylic acids is 2. The molecule has 0 fully saturated rings. The summed E-state index contributed by atoms with van der Waals surface area (Å²) in [6, 6.07) is 0. The van der Waals surface area contributed by atoms with Crippen molar-refractivity contribution in [1.29, 1.82) is 0 Å². The number of ether oxygens (including phenoxy) is 1. The van der Waals surface area contributed by atoms with E-state index in [2.05, 4.69) is 10.5 Å². The molecule has 0 aromatic heterocycles. The van der Waals surface area contributed by atoms with Crippen LogP contribution in [0.2, 0.25) is 0 Å². The molecule has 0 atom stereocenters. The van der Waals surface area contributed by atoms with E-state index in [1.807, 2.05) is 0 Å². The zero-order valence-corrected chi connectivity index (χ0v) is 6.86.